The summed E-state index contributed by atoms with van der Waals surface area (Å²) in [5.41, 5.74) is 1.45. The molecule has 0 bridgehead atoms. The van der Waals surface area contributed by atoms with Crippen LogP contribution in [0.25, 0.3) is 10.9 Å². The van der Waals surface area contributed by atoms with Crippen LogP contribution in [0.1, 0.15) is 23.7 Å². The Labute approximate surface area is 144 Å². The molecule has 128 valence electrons. The minimum Gasteiger partial charge on any atom is -0.497 e. The molecule has 0 aliphatic carbocycles. The number of benzene rings is 1. The van der Waals surface area contributed by atoms with Gasteiger partial charge in [-0.05, 0) is 36.8 Å². The predicted octanol–water partition coefficient (Wildman–Crippen LogP) is 4.08. The molecule has 0 saturated heterocycles. The summed E-state index contributed by atoms with van der Waals surface area (Å²) in [7, 11) is 1.57. The van der Waals surface area contributed by atoms with Crippen LogP contribution in [0.4, 0.5) is 5.69 Å². The third kappa shape index (κ3) is 3.21. The predicted molar refractivity (Wildman–Crippen MR) is 93.5 cm³/mol. The third-order valence-electron chi connectivity index (χ3n) is 3.83. The van der Waals surface area contributed by atoms with Crippen molar-refractivity contribution in [3.63, 3.8) is 0 Å². The number of aromatic hydroxyl groups is 1. The van der Waals surface area contributed by atoms with Gasteiger partial charge in [0.1, 0.15) is 5.75 Å². The van der Waals surface area contributed by atoms with Gasteiger partial charge in [-0.2, -0.15) is 0 Å². The highest BCUT2D eigenvalue weighted by molar-refractivity contribution is 5.97. The van der Waals surface area contributed by atoms with Crippen molar-refractivity contribution in [2.75, 3.05) is 7.11 Å². The molecule has 25 heavy (non-hydrogen) atoms. The molecule has 7 heteroatoms. The fraction of sp³-hybridized carbons (Fsp3) is 0.222. The summed E-state index contributed by atoms with van der Waals surface area (Å²) in [5, 5.41) is 19.0. The van der Waals surface area contributed by atoms with Crippen molar-refractivity contribution in [1.82, 2.24) is 9.55 Å². The van der Waals surface area contributed by atoms with Crippen LogP contribution in [0.15, 0.2) is 53.0 Å². The summed E-state index contributed by atoms with van der Waals surface area (Å²) in [6, 6.07) is 8.56. The maximum Gasteiger partial charge on any atom is 0.295 e. The first-order valence-electron chi connectivity index (χ1n) is 7.91. The van der Waals surface area contributed by atoms with Gasteiger partial charge < -0.3 is 14.4 Å². The van der Waals surface area contributed by atoms with E-state index in [0.29, 0.717) is 23.2 Å². The zero-order valence-electron chi connectivity index (χ0n) is 14.0. The normalized spacial score (nSPS) is 11.3. The first-order valence-corrected chi connectivity index (χ1v) is 7.91. The van der Waals surface area contributed by atoms with Gasteiger partial charge in [0.05, 0.1) is 12.6 Å². The zero-order chi connectivity index (χ0) is 17.8. The maximum atomic E-state index is 12.1. The van der Waals surface area contributed by atoms with E-state index in [1.807, 2.05) is 19.1 Å². The molecule has 0 saturated carbocycles. The lowest BCUT2D eigenvalue weighted by molar-refractivity contribution is 0.0995. The molecule has 0 unspecified atom stereocenters. The number of aryl methyl sites for hydroxylation is 1. The molecular weight excluding hydrogens is 320 g/mol. The monoisotopic (exact) mass is 338 g/mol. The van der Waals surface area contributed by atoms with Gasteiger partial charge in [-0.15, -0.1) is 10.2 Å². The number of methoxy groups -OCH3 is 1. The van der Waals surface area contributed by atoms with Crippen LogP contribution in [-0.2, 0) is 6.54 Å². The van der Waals surface area contributed by atoms with Gasteiger partial charge in [0.25, 0.3) is 5.91 Å². The number of azo groups is 1. The molecule has 0 aliphatic heterocycles. The van der Waals surface area contributed by atoms with E-state index in [2.05, 4.69) is 15.2 Å². The van der Waals surface area contributed by atoms with Crippen molar-refractivity contribution in [2.45, 2.75) is 19.9 Å². The number of carbonyl (C=O) groups is 1. The van der Waals surface area contributed by atoms with Gasteiger partial charge in [-0.25, -0.2) is 0 Å². The molecule has 7 nitrogen and oxygen atoms in total. The Kier molecular flexibility index (Phi) is 4.74. The molecule has 3 rings (SSSR count). The number of aromatic nitrogens is 2. The Balaban J connectivity index is 2.06. The number of hydrogen-bond acceptors (Lipinski definition) is 5. The van der Waals surface area contributed by atoms with Gasteiger partial charge in [0.15, 0.2) is 5.69 Å². The summed E-state index contributed by atoms with van der Waals surface area (Å²) in [5.74, 6) is 0.121. The van der Waals surface area contributed by atoms with E-state index in [1.54, 1.807) is 29.9 Å². The molecule has 0 fully saturated rings. The molecule has 0 radical (unpaired) electrons. The highest BCUT2D eigenvalue weighted by Gasteiger charge is 2.17. The molecule has 1 N–H and O–H groups in total. The number of nitrogens with zero attached hydrogens (tertiary/aromatic N) is 4. The number of pyridine rings is 1. The quantitative estimate of drug-likeness (QED) is 0.710. The number of carbonyl (C=O) groups excluding carboxylic acids is 1. The van der Waals surface area contributed by atoms with E-state index in [1.165, 1.54) is 12.4 Å². The first-order chi connectivity index (χ1) is 12.2. The molecule has 0 aliphatic rings. The fourth-order valence-electron chi connectivity index (χ4n) is 2.63. The van der Waals surface area contributed by atoms with Gasteiger partial charge in [-0.1, -0.05) is 6.92 Å². The Morgan fingerprint density at radius 2 is 2.04 bits per heavy atom. The average Bonchev–Trinajstić information content (AvgIpc) is 2.91. The highest BCUT2D eigenvalue weighted by atomic mass is 16.5. The van der Waals surface area contributed by atoms with Gasteiger partial charge in [0.2, 0.25) is 5.88 Å². The topological polar surface area (TPSA) is 89.1 Å². The van der Waals surface area contributed by atoms with Gasteiger partial charge >= 0.3 is 0 Å². The fourth-order valence-corrected chi connectivity index (χ4v) is 2.63. The first kappa shape index (κ1) is 16.6. The van der Waals surface area contributed by atoms with E-state index in [0.717, 1.165) is 11.9 Å². The molecule has 1 aromatic carbocycles. The molecule has 0 atom stereocenters. The molecule has 1 amide bonds. The van der Waals surface area contributed by atoms with Crippen molar-refractivity contribution >= 4 is 22.5 Å². The number of amides is 1. The van der Waals surface area contributed by atoms with E-state index < -0.39 is 5.91 Å². The second-order valence-corrected chi connectivity index (χ2v) is 5.45. The largest absolute Gasteiger partial charge is 0.497 e. The summed E-state index contributed by atoms with van der Waals surface area (Å²) in [6.07, 6.45) is 3.87. The molecule has 2 aromatic heterocycles. The zero-order valence-corrected chi connectivity index (χ0v) is 14.0. The second kappa shape index (κ2) is 7.12. The summed E-state index contributed by atoms with van der Waals surface area (Å²) < 4.78 is 6.99. The lowest BCUT2D eigenvalue weighted by Gasteiger charge is -2.04. The Morgan fingerprint density at radius 1 is 1.28 bits per heavy atom. The number of hydrogen-bond donors (Lipinski definition) is 1. The van der Waals surface area contributed by atoms with Crippen molar-refractivity contribution in [2.24, 2.45) is 10.2 Å². The van der Waals surface area contributed by atoms with E-state index in [4.69, 9.17) is 4.74 Å². The lowest BCUT2D eigenvalue weighted by atomic mass is 10.2. The summed E-state index contributed by atoms with van der Waals surface area (Å²) in [4.78, 5) is 16.0. The van der Waals surface area contributed by atoms with Crippen molar-refractivity contribution in [1.29, 1.82) is 0 Å². The van der Waals surface area contributed by atoms with Crippen LogP contribution in [-0.4, -0.2) is 27.7 Å². The summed E-state index contributed by atoms with van der Waals surface area (Å²) in [6.45, 7) is 2.64. The highest BCUT2D eigenvalue weighted by Crippen LogP contribution is 2.40. The Bertz CT molecular complexity index is 932. The van der Waals surface area contributed by atoms with Crippen molar-refractivity contribution in [3.05, 3.63) is 48.3 Å². The van der Waals surface area contributed by atoms with Crippen LogP contribution in [0.2, 0.25) is 0 Å². The van der Waals surface area contributed by atoms with Gasteiger partial charge in [0, 0.05) is 29.9 Å². The molecule has 3 aromatic rings. The van der Waals surface area contributed by atoms with Crippen LogP contribution in [0.5, 0.6) is 11.6 Å². The van der Waals surface area contributed by atoms with E-state index in [9.17, 15) is 9.90 Å². The van der Waals surface area contributed by atoms with Crippen LogP contribution in [0.3, 0.4) is 0 Å². The third-order valence-corrected chi connectivity index (χ3v) is 3.83. The minimum absolute atomic E-state index is 0.0172. The van der Waals surface area contributed by atoms with Crippen molar-refractivity contribution in [3.8, 4) is 11.6 Å². The lowest BCUT2D eigenvalue weighted by Crippen LogP contribution is -1.95. The molecule has 0 spiro atoms. The summed E-state index contributed by atoms with van der Waals surface area (Å²) >= 11 is 0. The molecular formula is C18H18N4O3. The van der Waals surface area contributed by atoms with Crippen LogP contribution in [0, 0.1) is 0 Å². The number of rotatable bonds is 5. The van der Waals surface area contributed by atoms with Crippen LogP contribution >= 0.6 is 0 Å². The number of ether oxygens (including phenoxy) is 1. The average molecular weight is 338 g/mol. The Hall–Kier alpha value is -3.22. The smallest absolute Gasteiger partial charge is 0.295 e. The van der Waals surface area contributed by atoms with E-state index in [-0.39, 0.29) is 11.6 Å². The Morgan fingerprint density at radius 3 is 2.72 bits per heavy atom. The SMILES string of the molecule is CCCn1c(O)c(N=NC(=O)c2ccncc2)c2cc(OC)ccc21. The van der Waals surface area contributed by atoms with E-state index >= 15 is 0 Å². The van der Waals surface area contributed by atoms with Crippen LogP contribution < -0.4 is 4.74 Å². The van der Waals surface area contributed by atoms with Crippen molar-refractivity contribution < 1.29 is 14.6 Å². The standard InChI is InChI=1S/C18H18N4O3/c1-3-10-22-15-5-4-13(25-2)11-14(15)16(18(22)24)20-21-17(23)12-6-8-19-9-7-12/h4-9,11,24H,3,10H2,1-2H3. The second-order valence-electron chi connectivity index (χ2n) is 5.45. The minimum atomic E-state index is -0.499. The number of fused-ring (bicyclic) bond motifs is 1. The maximum absolute atomic E-state index is 12.1. The van der Waals surface area contributed by atoms with Gasteiger partial charge in [-0.3, -0.25) is 9.78 Å². The molecule has 2 heterocycles.